The second-order valence-corrected chi connectivity index (χ2v) is 7.13. The van der Waals surface area contributed by atoms with Crippen molar-refractivity contribution in [2.45, 2.75) is 19.8 Å². The summed E-state index contributed by atoms with van der Waals surface area (Å²) >= 11 is 0. The summed E-state index contributed by atoms with van der Waals surface area (Å²) in [4.78, 5) is 29.0. The molecular formula is C24H22N4O2. The smallest absolute Gasteiger partial charge is 0.217 e. The van der Waals surface area contributed by atoms with Gasteiger partial charge in [-0.05, 0) is 49.2 Å². The average Bonchev–Trinajstić information content (AvgIpc) is 2.74. The van der Waals surface area contributed by atoms with E-state index in [1.165, 1.54) is 0 Å². The first-order valence-corrected chi connectivity index (χ1v) is 9.75. The summed E-state index contributed by atoms with van der Waals surface area (Å²) in [5, 5.41) is 3.84. The molecule has 0 aliphatic rings. The van der Waals surface area contributed by atoms with Gasteiger partial charge >= 0.3 is 0 Å². The number of pyridine rings is 2. The third-order valence-corrected chi connectivity index (χ3v) is 4.99. The van der Waals surface area contributed by atoms with E-state index in [1.54, 1.807) is 6.07 Å². The number of carbonyl (C=O) groups is 1. The van der Waals surface area contributed by atoms with Gasteiger partial charge in [-0.2, -0.15) is 0 Å². The monoisotopic (exact) mass is 398 g/mol. The van der Waals surface area contributed by atoms with Gasteiger partial charge in [0, 0.05) is 29.6 Å². The predicted molar refractivity (Wildman–Crippen MR) is 119 cm³/mol. The van der Waals surface area contributed by atoms with Gasteiger partial charge in [0.05, 0.1) is 5.39 Å². The molecule has 2 heterocycles. The van der Waals surface area contributed by atoms with E-state index in [4.69, 9.17) is 10.7 Å². The standard InChI is InChI=1S/C24H22N4O2/c1-16-17(12-13-22(25)30)14-20-21(29)15-23(27-18-8-4-2-5-9-18)28(24(20)26-16)19-10-6-3-7-11-19/h2-11,14-15,27H,12-13H2,1H3,(H2,25,30). The highest BCUT2D eigenvalue weighted by Crippen LogP contribution is 2.25. The highest BCUT2D eigenvalue weighted by Gasteiger charge is 2.15. The number of aryl methyl sites for hydroxylation is 2. The molecule has 6 heteroatoms. The van der Waals surface area contributed by atoms with Crippen LogP contribution in [0.4, 0.5) is 11.5 Å². The Kier molecular flexibility index (Phi) is 5.30. The molecule has 0 aliphatic carbocycles. The van der Waals surface area contributed by atoms with Gasteiger partial charge in [0.2, 0.25) is 5.91 Å². The van der Waals surface area contributed by atoms with Crippen molar-refractivity contribution in [2.24, 2.45) is 5.73 Å². The van der Waals surface area contributed by atoms with Crippen molar-refractivity contribution in [3.63, 3.8) is 0 Å². The lowest BCUT2D eigenvalue weighted by molar-refractivity contribution is -0.117. The molecule has 0 saturated carbocycles. The molecule has 3 N–H and O–H groups in total. The molecule has 0 unspecified atom stereocenters. The van der Waals surface area contributed by atoms with E-state index in [0.717, 1.165) is 22.6 Å². The van der Waals surface area contributed by atoms with Crippen LogP contribution in [0.1, 0.15) is 17.7 Å². The Balaban J connectivity index is 1.94. The van der Waals surface area contributed by atoms with Gasteiger partial charge in [0.25, 0.3) is 0 Å². The number of anilines is 2. The maximum atomic E-state index is 13.0. The molecule has 0 atom stereocenters. The van der Waals surface area contributed by atoms with E-state index >= 15 is 0 Å². The van der Waals surface area contributed by atoms with E-state index < -0.39 is 0 Å². The number of nitrogens with zero attached hydrogens (tertiary/aromatic N) is 2. The van der Waals surface area contributed by atoms with Gasteiger partial charge < -0.3 is 11.1 Å². The molecular weight excluding hydrogens is 376 g/mol. The third-order valence-electron chi connectivity index (χ3n) is 4.99. The molecule has 1 amide bonds. The maximum Gasteiger partial charge on any atom is 0.217 e. The first-order chi connectivity index (χ1) is 14.5. The molecule has 150 valence electrons. The normalized spacial score (nSPS) is 10.8. The van der Waals surface area contributed by atoms with Crippen LogP contribution in [0.2, 0.25) is 0 Å². The van der Waals surface area contributed by atoms with Crippen molar-refractivity contribution < 1.29 is 4.79 Å². The largest absolute Gasteiger partial charge is 0.370 e. The maximum absolute atomic E-state index is 13.0. The number of primary amides is 1. The van der Waals surface area contributed by atoms with Crippen molar-refractivity contribution in [1.29, 1.82) is 0 Å². The summed E-state index contributed by atoms with van der Waals surface area (Å²) < 4.78 is 1.94. The molecule has 2 aromatic heterocycles. The molecule has 0 radical (unpaired) electrons. The first-order valence-electron chi connectivity index (χ1n) is 9.75. The Hall–Kier alpha value is -3.93. The van der Waals surface area contributed by atoms with Gasteiger partial charge in [-0.1, -0.05) is 36.4 Å². The van der Waals surface area contributed by atoms with Gasteiger partial charge in [0.1, 0.15) is 11.5 Å². The van der Waals surface area contributed by atoms with Gasteiger partial charge in [-0.25, -0.2) is 4.98 Å². The van der Waals surface area contributed by atoms with Crippen LogP contribution in [0.25, 0.3) is 16.7 Å². The number of aromatic nitrogens is 2. The zero-order valence-electron chi connectivity index (χ0n) is 16.6. The number of fused-ring (bicyclic) bond motifs is 1. The van der Waals surface area contributed by atoms with E-state index in [9.17, 15) is 9.59 Å². The molecule has 4 rings (SSSR count). The van der Waals surface area contributed by atoms with Gasteiger partial charge in [-0.3, -0.25) is 14.2 Å². The molecule has 0 fully saturated rings. The zero-order chi connectivity index (χ0) is 21.1. The Morgan fingerprint density at radius 2 is 1.70 bits per heavy atom. The fourth-order valence-corrected chi connectivity index (χ4v) is 3.48. The van der Waals surface area contributed by atoms with E-state index in [0.29, 0.717) is 23.3 Å². The van der Waals surface area contributed by atoms with Gasteiger partial charge in [0.15, 0.2) is 5.43 Å². The molecule has 0 spiro atoms. The van der Waals surface area contributed by atoms with E-state index in [-0.39, 0.29) is 17.8 Å². The van der Waals surface area contributed by atoms with Crippen molar-refractivity contribution in [2.75, 3.05) is 5.32 Å². The minimum Gasteiger partial charge on any atom is -0.370 e. The lowest BCUT2D eigenvalue weighted by Crippen LogP contribution is -2.16. The molecule has 0 bridgehead atoms. The summed E-state index contributed by atoms with van der Waals surface area (Å²) in [6.07, 6.45) is 0.674. The summed E-state index contributed by atoms with van der Waals surface area (Å²) in [6, 6.07) is 22.9. The van der Waals surface area contributed by atoms with Crippen LogP contribution in [0.3, 0.4) is 0 Å². The Bertz CT molecular complexity index is 1270. The first kappa shape index (κ1) is 19.4. The van der Waals surface area contributed by atoms with Crippen molar-refractivity contribution >= 4 is 28.4 Å². The number of benzene rings is 2. The Labute approximate surface area is 174 Å². The third kappa shape index (κ3) is 3.93. The number of para-hydroxylation sites is 2. The molecule has 30 heavy (non-hydrogen) atoms. The lowest BCUT2D eigenvalue weighted by atomic mass is 10.1. The second kappa shape index (κ2) is 8.21. The van der Waals surface area contributed by atoms with Crippen molar-refractivity contribution in [1.82, 2.24) is 9.55 Å². The average molecular weight is 398 g/mol. The molecule has 2 aromatic carbocycles. The summed E-state index contributed by atoms with van der Waals surface area (Å²) in [6.45, 7) is 1.88. The number of amides is 1. The number of hydrogen-bond acceptors (Lipinski definition) is 4. The number of carbonyl (C=O) groups excluding carboxylic acids is 1. The SMILES string of the molecule is Cc1nc2c(cc1CCC(N)=O)c(=O)cc(Nc1ccccc1)n2-c1ccccc1. The highest BCUT2D eigenvalue weighted by atomic mass is 16.1. The predicted octanol–water partition coefficient (Wildman–Crippen LogP) is 3.86. The second-order valence-electron chi connectivity index (χ2n) is 7.13. The van der Waals surface area contributed by atoms with E-state index in [2.05, 4.69) is 5.32 Å². The highest BCUT2D eigenvalue weighted by molar-refractivity contribution is 5.82. The Morgan fingerprint density at radius 1 is 1.03 bits per heavy atom. The lowest BCUT2D eigenvalue weighted by Gasteiger charge is -2.19. The number of rotatable bonds is 6. The van der Waals surface area contributed by atoms with Crippen LogP contribution in [0.5, 0.6) is 0 Å². The molecule has 0 saturated heterocycles. The fraction of sp³-hybridized carbons (Fsp3) is 0.125. The quantitative estimate of drug-likeness (QED) is 0.516. The van der Waals surface area contributed by atoms with E-state index in [1.807, 2.05) is 78.2 Å². The summed E-state index contributed by atoms with van der Waals surface area (Å²) in [5.41, 5.74) is 9.09. The van der Waals surface area contributed by atoms with Crippen LogP contribution < -0.4 is 16.5 Å². The summed E-state index contributed by atoms with van der Waals surface area (Å²) in [7, 11) is 0. The van der Waals surface area contributed by atoms with Crippen LogP contribution in [0.15, 0.2) is 77.6 Å². The molecule has 4 aromatic rings. The fourth-order valence-electron chi connectivity index (χ4n) is 3.48. The van der Waals surface area contributed by atoms with Gasteiger partial charge in [-0.15, -0.1) is 0 Å². The van der Waals surface area contributed by atoms with Crippen LogP contribution in [-0.4, -0.2) is 15.5 Å². The van der Waals surface area contributed by atoms with Crippen LogP contribution >= 0.6 is 0 Å². The number of nitrogens with one attached hydrogen (secondary N) is 1. The number of hydrogen-bond donors (Lipinski definition) is 2. The minimum absolute atomic E-state index is 0.136. The van der Waals surface area contributed by atoms with Crippen LogP contribution in [0, 0.1) is 6.92 Å². The molecule has 6 nitrogen and oxygen atoms in total. The van der Waals surface area contributed by atoms with Crippen molar-refractivity contribution in [3.05, 3.63) is 94.3 Å². The van der Waals surface area contributed by atoms with Crippen molar-refractivity contribution in [3.8, 4) is 5.69 Å². The van der Waals surface area contributed by atoms with Crippen LogP contribution in [-0.2, 0) is 11.2 Å². The topological polar surface area (TPSA) is 90.0 Å². The Morgan fingerprint density at radius 3 is 2.37 bits per heavy atom. The summed E-state index contributed by atoms with van der Waals surface area (Å²) in [5.74, 6) is 0.250. The minimum atomic E-state index is -0.376. The molecule has 0 aliphatic heterocycles. The number of nitrogens with two attached hydrogens (primary N) is 1. The zero-order valence-corrected chi connectivity index (χ0v) is 16.6.